The highest BCUT2D eigenvalue weighted by Crippen LogP contribution is 2.15. The topological polar surface area (TPSA) is 60.2 Å². The van der Waals surface area contributed by atoms with Crippen molar-refractivity contribution in [3.05, 3.63) is 42.5 Å². The van der Waals surface area contributed by atoms with Crippen LogP contribution in [0.25, 0.3) is 0 Å². The normalized spacial score (nSPS) is 10.4. The average molecular weight is 288 g/mol. The monoisotopic (exact) mass is 288 g/mol. The molecule has 0 aliphatic heterocycles. The third kappa shape index (κ3) is 4.59. The third-order valence-corrected chi connectivity index (χ3v) is 3.22. The first-order valence-electron chi connectivity index (χ1n) is 6.91. The van der Waals surface area contributed by atoms with Gasteiger partial charge in [0, 0.05) is 13.5 Å². The van der Waals surface area contributed by atoms with Crippen LogP contribution in [-0.2, 0) is 11.3 Å². The molecule has 0 unspecified atom stereocenters. The minimum absolute atomic E-state index is 0.0684. The Balaban J connectivity index is 1.70. The number of benzene rings is 1. The molecule has 0 atom stereocenters. The number of hydrogen-bond acceptors (Lipinski definition) is 4. The number of nitrogens with zero attached hydrogens (tertiary/aromatic N) is 4. The molecule has 0 spiro atoms. The highest BCUT2D eigenvalue weighted by Gasteiger charge is 2.09. The van der Waals surface area contributed by atoms with Gasteiger partial charge in [-0.25, -0.2) is 4.98 Å². The summed E-state index contributed by atoms with van der Waals surface area (Å²) in [6.45, 7) is 3.59. The van der Waals surface area contributed by atoms with Gasteiger partial charge in [0.25, 0.3) is 0 Å². The highest BCUT2D eigenvalue weighted by molar-refractivity contribution is 5.75. The maximum atomic E-state index is 12.0. The molecule has 0 saturated carbocycles. The second kappa shape index (κ2) is 7.42. The van der Waals surface area contributed by atoms with Gasteiger partial charge in [-0.3, -0.25) is 9.48 Å². The van der Waals surface area contributed by atoms with E-state index in [1.807, 2.05) is 31.2 Å². The zero-order valence-corrected chi connectivity index (χ0v) is 12.4. The SMILES string of the molecule is Cc1ccccc1OCCN(C)C(=O)CCn1cncn1. The van der Waals surface area contributed by atoms with E-state index in [0.29, 0.717) is 26.1 Å². The minimum Gasteiger partial charge on any atom is -0.491 e. The second-order valence-electron chi connectivity index (χ2n) is 4.84. The molecule has 1 heterocycles. The van der Waals surface area contributed by atoms with Gasteiger partial charge in [-0.15, -0.1) is 0 Å². The van der Waals surface area contributed by atoms with Gasteiger partial charge in [-0.2, -0.15) is 5.10 Å². The van der Waals surface area contributed by atoms with Crippen molar-refractivity contribution in [3.8, 4) is 5.75 Å². The molecule has 112 valence electrons. The molecular formula is C15H20N4O2. The molecule has 0 N–H and O–H groups in total. The number of aromatic nitrogens is 3. The lowest BCUT2D eigenvalue weighted by molar-refractivity contribution is -0.130. The molecule has 2 rings (SSSR count). The Morgan fingerprint density at radius 3 is 2.90 bits per heavy atom. The first-order valence-corrected chi connectivity index (χ1v) is 6.91. The lowest BCUT2D eigenvalue weighted by Crippen LogP contribution is -2.31. The Morgan fingerprint density at radius 2 is 2.19 bits per heavy atom. The summed E-state index contributed by atoms with van der Waals surface area (Å²) < 4.78 is 7.33. The van der Waals surface area contributed by atoms with Crippen molar-refractivity contribution in [3.63, 3.8) is 0 Å². The van der Waals surface area contributed by atoms with Crippen LogP contribution < -0.4 is 4.74 Å². The molecule has 21 heavy (non-hydrogen) atoms. The van der Waals surface area contributed by atoms with Crippen molar-refractivity contribution in [2.24, 2.45) is 0 Å². The number of amides is 1. The number of ether oxygens (including phenoxy) is 1. The Kier molecular flexibility index (Phi) is 5.31. The Hall–Kier alpha value is -2.37. The van der Waals surface area contributed by atoms with Crippen LogP contribution in [0.3, 0.4) is 0 Å². The highest BCUT2D eigenvalue weighted by atomic mass is 16.5. The Morgan fingerprint density at radius 1 is 1.38 bits per heavy atom. The number of carbonyl (C=O) groups excluding carboxylic acids is 1. The third-order valence-electron chi connectivity index (χ3n) is 3.22. The molecule has 1 aromatic carbocycles. The summed E-state index contributed by atoms with van der Waals surface area (Å²) in [5, 5.41) is 3.97. The number of carbonyl (C=O) groups is 1. The van der Waals surface area contributed by atoms with E-state index in [1.54, 1.807) is 23.0 Å². The van der Waals surface area contributed by atoms with Gasteiger partial charge < -0.3 is 9.64 Å². The summed E-state index contributed by atoms with van der Waals surface area (Å²) in [5.74, 6) is 0.930. The van der Waals surface area contributed by atoms with E-state index in [2.05, 4.69) is 10.1 Å². The lowest BCUT2D eigenvalue weighted by atomic mass is 10.2. The second-order valence-corrected chi connectivity index (χ2v) is 4.84. The number of aryl methyl sites for hydroxylation is 2. The van der Waals surface area contributed by atoms with Gasteiger partial charge in [-0.1, -0.05) is 18.2 Å². The van der Waals surface area contributed by atoms with Gasteiger partial charge in [0.15, 0.2) is 0 Å². The fraction of sp³-hybridized carbons (Fsp3) is 0.400. The van der Waals surface area contributed by atoms with Gasteiger partial charge in [-0.05, 0) is 18.6 Å². The molecule has 6 nitrogen and oxygen atoms in total. The predicted molar refractivity (Wildman–Crippen MR) is 79.0 cm³/mol. The van der Waals surface area contributed by atoms with Crippen LogP contribution in [0.1, 0.15) is 12.0 Å². The number of para-hydroxylation sites is 1. The van der Waals surface area contributed by atoms with Crippen molar-refractivity contribution < 1.29 is 9.53 Å². The summed E-state index contributed by atoms with van der Waals surface area (Å²) in [6, 6.07) is 7.85. The zero-order chi connectivity index (χ0) is 15.1. The summed E-state index contributed by atoms with van der Waals surface area (Å²) in [7, 11) is 1.78. The molecule has 1 aromatic heterocycles. The van der Waals surface area contributed by atoms with Crippen molar-refractivity contribution in [1.82, 2.24) is 19.7 Å². The first kappa shape index (κ1) is 15.0. The molecule has 1 amide bonds. The van der Waals surface area contributed by atoms with E-state index in [-0.39, 0.29) is 5.91 Å². The Labute approximate surface area is 124 Å². The van der Waals surface area contributed by atoms with Crippen molar-refractivity contribution in [1.29, 1.82) is 0 Å². The van der Waals surface area contributed by atoms with E-state index in [4.69, 9.17) is 4.74 Å². The predicted octanol–water partition coefficient (Wildman–Crippen LogP) is 1.51. The van der Waals surface area contributed by atoms with E-state index >= 15 is 0 Å². The fourth-order valence-corrected chi connectivity index (χ4v) is 1.88. The molecule has 0 radical (unpaired) electrons. The van der Waals surface area contributed by atoms with Crippen LogP contribution in [0.5, 0.6) is 5.75 Å². The lowest BCUT2D eigenvalue weighted by Gasteiger charge is -2.18. The van der Waals surface area contributed by atoms with Crippen molar-refractivity contribution >= 4 is 5.91 Å². The zero-order valence-electron chi connectivity index (χ0n) is 12.4. The molecule has 0 bridgehead atoms. The molecule has 6 heteroatoms. The van der Waals surface area contributed by atoms with Gasteiger partial charge in [0.2, 0.25) is 5.91 Å². The fourth-order valence-electron chi connectivity index (χ4n) is 1.88. The van der Waals surface area contributed by atoms with Crippen molar-refractivity contribution in [2.75, 3.05) is 20.2 Å². The molecule has 0 saturated heterocycles. The molecule has 0 fully saturated rings. The van der Waals surface area contributed by atoms with Crippen LogP contribution in [0.2, 0.25) is 0 Å². The van der Waals surface area contributed by atoms with Crippen LogP contribution in [0, 0.1) is 6.92 Å². The molecule has 0 aliphatic rings. The smallest absolute Gasteiger partial charge is 0.224 e. The van der Waals surface area contributed by atoms with Crippen LogP contribution >= 0.6 is 0 Å². The Bertz CT molecular complexity index is 569. The largest absolute Gasteiger partial charge is 0.491 e. The standard InChI is InChI=1S/C15H20N4O2/c1-13-5-3-4-6-14(13)21-10-9-18(2)15(20)7-8-19-12-16-11-17-19/h3-6,11-12H,7-10H2,1-2H3. The number of rotatable bonds is 7. The van der Waals surface area contributed by atoms with Crippen LogP contribution in [-0.4, -0.2) is 45.8 Å². The van der Waals surface area contributed by atoms with E-state index in [1.165, 1.54) is 6.33 Å². The van der Waals surface area contributed by atoms with Crippen molar-refractivity contribution in [2.45, 2.75) is 19.9 Å². The first-order chi connectivity index (χ1) is 10.2. The van der Waals surface area contributed by atoms with E-state index in [0.717, 1.165) is 11.3 Å². The van der Waals surface area contributed by atoms with Gasteiger partial charge in [0.05, 0.1) is 13.1 Å². The minimum atomic E-state index is 0.0684. The van der Waals surface area contributed by atoms with Crippen LogP contribution in [0.4, 0.5) is 0 Å². The molecule has 2 aromatic rings. The van der Waals surface area contributed by atoms with Gasteiger partial charge in [0.1, 0.15) is 25.0 Å². The van der Waals surface area contributed by atoms with E-state index in [9.17, 15) is 4.79 Å². The average Bonchev–Trinajstić information content (AvgIpc) is 3.00. The summed E-state index contributed by atoms with van der Waals surface area (Å²) >= 11 is 0. The maximum Gasteiger partial charge on any atom is 0.224 e. The molecule has 0 aliphatic carbocycles. The maximum absolute atomic E-state index is 12.0. The van der Waals surface area contributed by atoms with E-state index < -0.39 is 0 Å². The number of hydrogen-bond donors (Lipinski definition) is 0. The summed E-state index contributed by atoms with van der Waals surface area (Å²) in [5.41, 5.74) is 1.10. The summed E-state index contributed by atoms with van der Waals surface area (Å²) in [4.78, 5) is 17.5. The molecular weight excluding hydrogens is 268 g/mol. The quantitative estimate of drug-likeness (QED) is 0.775. The van der Waals surface area contributed by atoms with Gasteiger partial charge >= 0.3 is 0 Å². The summed E-state index contributed by atoms with van der Waals surface area (Å²) in [6.07, 6.45) is 3.48. The van der Waals surface area contributed by atoms with Crippen LogP contribution in [0.15, 0.2) is 36.9 Å². The number of likely N-dealkylation sites (N-methyl/N-ethyl adjacent to an activating group) is 1.